The van der Waals surface area contributed by atoms with Crippen molar-refractivity contribution in [3.63, 3.8) is 0 Å². The predicted octanol–water partition coefficient (Wildman–Crippen LogP) is 1.60. The first-order valence-electron chi connectivity index (χ1n) is 31.3. The van der Waals surface area contributed by atoms with E-state index in [0.717, 1.165) is 4.90 Å². The highest BCUT2D eigenvalue weighted by molar-refractivity contribution is 6.12. The van der Waals surface area contributed by atoms with Crippen LogP contribution in [0.3, 0.4) is 0 Å². The predicted molar refractivity (Wildman–Crippen MR) is 334 cm³/mol. The van der Waals surface area contributed by atoms with Crippen LogP contribution in [0.2, 0.25) is 0 Å². The van der Waals surface area contributed by atoms with Crippen LogP contribution in [-0.2, 0) is 57.4 Å². The molecule has 26 heteroatoms. The zero-order valence-corrected chi connectivity index (χ0v) is 55.2. The second-order valence-electron chi connectivity index (χ2n) is 24.7. The fraction of sp³-hybridized carbons (Fsp3) is 0.698. The third kappa shape index (κ3) is 22.8. The third-order valence-corrected chi connectivity index (χ3v) is 17.0. The number of hydrogen-bond acceptors (Lipinski definition) is 15. The Morgan fingerprint density at radius 1 is 0.730 bits per heavy atom. The van der Waals surface area contributed by atoms with Gasteiger partial charge in [-0.2, -0.15) is 0 Å². The first-order chi connectivity index (χ1) is 41.9. The summed E-state index contributed by atoms with van der Waals surface area (Å²) >= 11 is 0. The van der Waals surface area contributed by atoms with Gasteiger partial charge >= 0.3 is 6.03 Å². The molecule has 0 saturated carbocycles. The van der Waals surface area contributed by atoms with Crippen LogP contribution in [0.1, 0.15) is 132 Å². The molecule has 9 N–H and O–H groups in total. The molecule has 0 bridgehead atoms. The maximum absolute atomic E-state index is 14.8. The van der Waals surface area contributed by atoms with Gasteiger partial charge in [-0.05, 0) is 81.9 Å². The molecule has 500 valence electrons. The lowest BCUT2D eigenvalue weighted by Gasteiger charge is -2.41. The average Bonchev–Trinajstić information content (AvgIpc) is 3.81. The normalized spacial score (nSPS) is 17.9. The van der Waals surface area contributed by atoms with Crippen molar-refractivity contribution in [3.05, 3.63) is 48.0 Å². The molecule has 89 heavy (non-hydrogen) atoms. The fourth-order valence-electron chi connectivity index (χ4n) is 11.5. The van der Waals surface area contributed by atoms with E-state index >= 15 is 0 Å². The molecule has 0 aromatic heterocycles. The number of primary amides is 1. The molecule has 1 aromatic rings. The Morgan fingerprint density at radius 3 is 1.92 bits per heavy atom. The van der Waals surface area contributed by atoms with Gasteiger partial charge in [0.2, 0.25) is 47.3 Å². The van der Waals surface area contributed by atoms with E-state index in [4.69, 9.17) is 15.2 Å². The zero-order chi connectivity index (χ0) is 67.0. The summed E-state index contributed by atoms with van der Waals surface area (Å²) in [5.74, 6) is -7.23. The smallest absolute Gasteiger partial charge is 0.312 e. The number of likely N-dealkylation sites (tertiary alicyclic amines) is 1. The molecule has 26 nitrogen and oxygen atoms in total. The Morgan fingerprint density at radius 2 is 1.36 bits per heavy atom. The van der Waals surface area contributed by atoms with Crippen LogP contribution in [0, 0.1) is 29.6 Å². The highest BCUT2D eigenvalue weighted by Crippen LogP contribution is 2.30. The van der Waals surface area contributed by atoms with Crippen molar-refractivity contribution in [2.45, 2.75) is 181 Å². The van der Waals surface area contributed by atoms with E-state index in [1.807, 2.05) is 36.9 Å². The summed E-state index contributed by atoms with van der Waals surface area (Å²) in [4.78, 5) is 155. The van der Waals surface area contributed by atoms with Gasteiger partial charge in [0.25, 0.3) is 11.8 Å². The number of carbonyl (C=O) groups excluding carboxylic acids is 11. The number of urea groups is 1. The molecule has 1 aromatic carbocycles. The summed E-state index contributed by atoms with van der Waals surface area (Å²) in [5.41, 5.74) is 5.91. The van der Waals surface area contributed by atoms with Crippen molar-refractivity contribution in [3.8, 4) is 0 Å². The number of aliphatic hydroxyl groups excluding tert-OH is 1. The van der Waals surface area contributed by atoms with E-state index in [-0.39, 0.29) is 68.3 Å². The molecule has 1 saturated heterocycles. The maximum Gasteiger partial charge on any atom is 0.312 e. The fourth-order valence-corrected chi connectivity index (χ4v) is 11.5. The summed E-state index contributed by atoms with van der Waals surface area (Å²) in [5, 5.41) is 27.3. The van der Waals surface area contributed by atoms with E-state index in [2.05, 4.69) is 31.9 Å². The van der Waals surface area contributed by atoms with Crippen molar-refractivity contribution in [2.75, 3.05) is 74.6 Å². The van der Waals surface area contributed by atoms with E-state index in [1.54, 1.807) is 86.5 Å². The SMILES string of the molecule is CC[C@H](C)[C@@H]([C@@H](CC(=O)N1CCC[C@H]1[C@H](OC)[C@@H](C)C(=O)N[C@H](C)[C@@H](O)c1ccccc1)OC)N(C)C(=O)[C@@H](NC(=O)[C@H](C(C)C)N(C)C(=O)CNC(=O)C(CCCNC(N)=O)NC(=O)[C@@H](NC(=O)CCN(C)CCCN1C(=O)C=CC1=O)C(C)C)C(C)C. The Labute approximate surface area is 526 Å². The largest absolute Gasteiger partial charge is 0.386 e. The van der Waals surface area contributed by atoms with E-state index in [1.165, 1.54) is 43.2 Å². The quantitative estimate of drug-likeness (QED) is 0.0344. The number of likely N-dealkylation sites (N-methyl/N-ethyl adjacent to an activating group) is 2. The van der Waals surface area contributed by atoms with Crippen LogP contribution in [0.5, 0.6) is 0 Å². The van der Waals surface area contributed by atoms with Gasteiger partial charge in [0.1, 0.15) is 24.2 Å². The minimum absolute atomic E-state index is 0.0105. The number of aliphatic hydroxyl groups is 1. The van der Waals surface area contributed by atoms with Crippen molar-refractivity contribution < 1.29 is 67.3 Å². The number of amides is 12. The maximum atomic E-state index is 14.8. The number of carbonyl (C=O) groups is 11. The van der Waals surface area contributed by atoms with E-state index in [9.17, 15) is 57.8 Å². The molecule has 1 fully saturated rings. The number of ether oxygens (including phenoxy) is 2. The number of hydrogen-bond donors (Lipinski definition) is 8. The molecular weight excluding hydrogens is 1150 g/mol. The Balaban J connectivity index is 1.71. The number of nitrogens with one attached hydrogen (secondary N) is 6. The first kappa shape index (κ1) is 76.2. The van der Waals surface area contributed by atoms with Crippen LogP contribution in [0.15, 0.2) is 42.5 Å². The van der Waals surface area contributed by atoms with Gasteiger partial charge in [-0.15, -0.1) is 0 Å². The van der Waals surface area contributed by atoms with Crippen LogP contribution >= 0.6 is 0 Å². The molecule has 2 aliphatic heterocycles. The molecule has 12 atom stereocenters. The molecule has 0 radical (unpaired) electrons. The van der Waals surface area contributed by atoms with E-state index < -0.39 is 132 Å². The highest BCUT2D eigenvalue weighted by atomic mass is 16.5. The second kappa shape index (κ2) is 37.2. The van der Waals surface area contributed by atoms with Gasteiger partial charge in [0.05, 0.1) is 55.3 Å². The molecule has 1 unspecified atom stereocenters. The van der Waals surface area contributed by atoms with Gasteiger partial charge < -0.3 is 71.8 Å². The second-order valence-corrected chi connectivity index (χ2v) is 24.7. The van der Waals surface area contributed by atoms with Crippen molar-refractivity contribution in [1.29, 1.82) is 0 Å². The van der Waals surface area contributed by atoms with Gasteiger partial charge in [-0.3, -0.25) is 52.8 Å². The minimum Gasteiger partial charge on any atom is -0.386 e. The molecule has 0 spiro atoms. The van der Waals surface area contributed by atoms with Gasteiger partial charge in [0, 0.05) is 73.1 Å². The van der Waals surface area contributed by atoms with Gasteiger partial charge in [0.15, 0.2) is 0 Å². The van der Waals surface area contributed by atoms with Crippen molar-refractivity contribution >= 4 is 65.1 Å². The first-order valence-corrected chi connectivity index (χ1v) is 31.3. The topological polar surface area (TPSA) is 341 Å². The number of nitrogens with zero attached hydrogens (tertiary/aromatic N) is 5. The van der Waals surface area contributed by atoms with Crippen molar-refractivity contribution in [2.24, 2.45) is 35.3 Å². The van der Waals surface area contributed by atoms with Crippen LogP contribution in [-0.4, -0.2) is 224 Å². The summed E-state index contributed by atoms with van der Waals surface area (Å²) in [6.07, 6.45) is 2.43. The highest BCUT2D eigenvalue weighted by Gasteiger charge is 2.44. The summed E-state index contributed by atoms with van der Waals surface area (Å²) in [6.45, 7) is 18.7. The van der Waals surface area contributed by atoms with Crippen LogP contribution < -0.4 is 37.6 Å². The lowest BCUT2D eigenvalue weighted by Crippen LogP contribution is -2.61. The Hall–Kier alpha value is -7.03. The van der Waals surface area contributed by atoms with Gasteiger partial charge in [-0.25, -0.2) is 4.79 Å². The number of imide groups is 1. The Kier molecular flexibility index (Phi) is 31.9. The molecule has 3 rings (SSSR count). The lowest BCUT2D eigenvalue weighted by atomic mass is 9.89. The summed E-state index contributed by atoms with van der Waals surface area (Å²) in [6, 6.07) is 1.97. The summed E-state index contributed by atoms with van der Waals surface area (Å²) in [7, 11) is 7.80. The Bertz CT molecular complexity index is 2550. The molecule has 2 heterocycles. The molecule has 0 aliphatic carbocycles. The number of benzene rings is 1. The number of methoxy groups -OCH3 is 2. The molecule has 12 amide bonds. The summed E-state index contributed by atoms with van der Waals surface area (Å²) < 4.78 is 12.0. The van der Waals surface area contributed by atoms with Crippen LogP contribution in [0.25, 0.3) is 0 Å². The molecular formula is C63H104N12O14. The lowest BCUT2D eigenvalue weighted by molar-refractivity contribution is -0.148. The zero-order valence-electron chi connectivity index (χ0n) is 55.2. The third-order valence-electron chi connectivity index (χ3n) is 17.0. The van der Waals surface area contributed by atoms with Crippen molar-refractivity contribution in [1.82, 2.24) is 56.4 Å². The number of nitrogens with two attached hydrogens (primary N) is 1. The number of rotatable bonds is 38. The van der Waals surface area contributed by atoms with Crippen LogP contribution in [0.4, 0.5) is 4.79 Å². The minimum atomic E-state index is -1.25. The van der Waals surface area contributed by atoms with E-state index in [0.29, 0.717) is 50.9 Å². The molecule has 2 aliphatic rings. The monoisotopic (exact) mass is 1250 g/mol. The average molecular weight is 1250 g/mol. The van der Waals surface area contributed by atoms with Gasteiger partial charge in [-0.1, -0.05) is 99.1 Å². The standard InChI is InChI=1S/C63H104N12O14/c1-16-40(8)55(46(88-14)35-50(79)74-32-21-26-45(74)57(89-15)41(9)58(82)67-42(10)56(81)43-23-18-17-19-24-43)73(13)62(86)53(38(4)5)70-61(85)54(39(6)7)72(12)51(80)36-66-59(83)44(25-20-30-65-63(64)87)68-60(84)52(37(2)3)69-47(76)29-34-71(11)31-22-33-75-48(77)27-28-49(75)78/h17-19,23-24,27-28,37-42,44-46,52-57,81H,16,20-22,25-26,29-36H2,1-15H3,(H,66,83)(H,67,82)(H,68,84)(H,69,76)(H,70,85)(H3,64,65,87)/t40-,41+,42+,44?,45-,46+,52-,53-,54-,55-,56+,57+/m0/s1.